The first kappa shape index (κ1) is 17.0. The summed E-state index contributed by atoms with van der Waals surface area (Å²) in [6.45, 7) is 4.13. The van der Waals surface area contributed by atoms with Crippen molar-refractivity contribution in [2.75, 3.05) is 19.6 Å². The number of imidazole rings is 1. The lowest BCUT2D eigenvalue weighted by Crippen LogP contribution is -2.54. The first-order valence-corrected chi connectivity index (χ1v) is 10.3. The summed E-state index contributed by atoms with van der Waals surface area (Å²) in [4.78, 5) is 25.3. The number of rotatable bonds is 4. The molecule has 142 valence electrons. The molecular formula is C22H28N4O. The number of aromatic amines is 1. The largest absolute Gasteiger partial charge is 0.347 e. The highest BCUT2D eigenvalue weighted by Gasteiger charge is 2.49. The van der Waals surface area contributed by atoms with Gasteiger partial charge in [0.1, 0.15) is 0 Å². The molecule has 1 aliphatic carbocycles. The van der Waals surface area contributed by atoms with Crippen LogP contribution in [0, 0.1) is 5.41 Å². The smallest absolute Gasteiger partial charge is 0.230 e. The van der Waals surface area contributed by atoms with Crippen LogP contribution in [0.1, 0.15) is 49.3 Å². The molecule has 2 aliphatic heterocycles. The van der Waals surface area contributed by atoms with Gasteiger partial charge in [0, 0.05) is 31.0 Å². The molecule has 1 saturated carbocycles. The summed E-state index contributed by atoms with van der Waals surface area (Å²) < 4.78 is 0. The fourth-order valence-corrected chi connectivity index (χ4v) is 5.03. The number of carbonyl (C=O) groups excluding carboxylic acids is 1. The Labute approximate surface area is 160 Å². The zero-order valence-corrected chi connectivity index (χ0v) is 15.8. The van der Waals surface area contributed by atoms with Crippen molar-refractivity contribution in [1.82, 2.24) is 19.8 Å². The van der Waals surface area contributed by atoms with Gasteiger partial charge in [0.05, 0.1) is 12.2 Å². The van der Waals surface area contributed by atoms with E-state index in [-0.39, 0.29) is 11.3 Å². The first-order chi connectivity index (χ1) is 13.2. The highest BCUT2D eigenvalue weighted by atomic mass is 16.2. The molecule has 3 fully saturated rings. The van der Waals surface area contributed by atoms with Gasteiger partial charge in [0.15, 0.2) is 0 Å². The van der Waals surface area contributed by atoms with Gasteiger partial charge >= 0.3 is 0 Å². The van der Waals surface area contributed by atoms with E-state index in [1.807, 2.05) is 12.3 Å². The van der Waals surface area contributed by atoms with Gasteiger partial charge in [-0.25, -0.2) is 4.98 Å². The number of nitrogens with zero attached hydrogens (tertiary/aromatic N) is 3. The summed E-state index contributed by atoms with van der Waals surface area (Å²) in [5.74, 6) is 0.411. The van der Waals surface area contributed by atoms with Crippen LogP contribution in [0.15, 0.2) is 42.9 Å². The third kappa shape index (κ3) is 3.41. The molecule has 1 atom stereocenters. The van der Waals surface area contributed by atoms with Crippen molar-refractivity contribution < 1.29 is 4.79 Å². The van der Waals surface area contributed by atoms with E-state index in [4.69, 9.17) is 0 Å². The van der Waals surface area contributed by atoms with E-state index in [1.54, 1.807) is 6.33 Å². The minimum Gasteiger partial charge on any atom is -0.347 e. The van der Waals surface area contributed by atoms with E-state index < -0.39 is 0 Å². The maximum Gasteiger partial charge on any atom is 0.230 e. The molecule has 1 aromatic heterocycles. The molecule has 5 heteroatoms. The summed E-state index contributed by atoms with van der Waals surface area (Å²) in [5.41, 5.74) is 2.67. The highest BCUT2D eigenvalue weighted by Crippen LogP contribution is 2.48. The summed E-state index contributed by atoms with van der Waals surface area (Å²) in [6.07, 6.45) is 9.43. The molecule has 1 amide bonds. The van der Waals surface area contributed by atoms with E-state index in [9.17, 15) is 4.79 Å². The van der Waals surface area contributed by atoms with Crippen LogP contribution < -0.4 is 0 Å². The molecule has 1 aromatic carbocycles. The Morgan fingerprint density at radius 3 is 2.59 bits per heavy atom. The first-order valence-electron chi connectivity index (χ1n) is 10.3. The predicted molar refractivity (Wildman–Crippen MR) is 104 cm³/mol. The highest BCUT2D eigenvalue weighted by molar-refractivity contribution is 5.85. The van der Waals surface area contributed by atoms with Crippen LogP contribution in [0.2, 0.25) is 0 Å². The number of hydrogen-bond donors (Lipinski definition) is 1. The summed E-state index contributed by atoms with van der Waals surface area (Å²) in [7, 11) is 0. The van der Waals surface area contributed by atoms with Crippen molar-refractivity contribution in [2.45, 2.75) is 50.6 Å². The third-order valence-electron chi connectivity index (χ3n) is 6.78. The molecule has 1 spiro atoms. The van der Waals surface area contributed by atoms with Crippen molar-refractivity contribution in [2.24, 2.45) is 5.41 Å². The van der Waals surface area contributed by atoms with Crippen LogP contribution >= 0.6 is 0 Å². The van der Waals surface area contributed by atoms with E-state index >= 15 is 0 Å². The number of piperidine rings is 2. The Hall–Kier alpha value is -2.14. The molecule has 5 nitrogen and oxygen atoms in total. The molecule has 0 bridgehead atoms. The summed E-state index contributed by atoms with van der Waals surface area (Å²) in [6, 6.07) is 11.0. The lowest BCUT2D eigenvalue weighted by atomic mass is 9.67. The molecule has 0 radical (unpaired) electrons. The zero-order chi connectivity index (χ0) is 18.3. The maximum atomic E-state index is 13.2. The van der Waals surface area contributed by atoms with Gasteiger partial charge in [-0.05, 0) is 56.2 Å². The molecule has 27 heavy (non-hydrogen) atoms. The predicted octanol–water partition coefficient (Wildman–Crippen LogP) is 3.17. The molecule has 2 saturated heterocycles. The van der Waals surface area contributed by atoms with Crippen molar-refractivity contribution in [3.05, 3.63) is 54.1 Å². The van der Waals surface area contributed by atoms with Crippen LogP contribution in [0.5, 0.6) is 0 Å². The molecule has 5 rings (SSSR count). The number of hydrogen-bond acceptors (Lipinski definition) is 3. The minimum atomic E-state index is 0.0414. The molecule has 0 unspecified atom stereocenters. The number of H-pyrrole nitrogens is 1. The number of aromatic nitrogens is 2. The van der Waals surface area contributed by atoms with Gasteiger partial charge in [0.2, 0.25) is 5.91 Å². The topological polar surface area (TPSA) is 52.2 Å². The molecule has 3 aliphatic rings. The fourth-order valence-electron chi connectivity index (χ4n) is 5.03. The van der Waals surface area contributed by atoms with E-state index in [0.29, 0.717) is 11.9 Å². The van der Waals surface area contributed by atoms with Gasteiger partial charge in [-0.2, -0.15) is 0 Å². The van der Waals surface area contributed by atoms with Crippen molar-refractivity contribution in [3.63, 3.8) is 0 Å². The van der Waals surface area contributed by atoms with Crippen molar-refractivity contribution in [3.8, 4) is 0 Å². The van der Waals surface area contributed by atoms with E-state index in [0.717, 1.165) is 32.6 Å². The number of likely N-dealkylation sites (tertiary alicyclic amines) is 2. The second kappa shape index (κ2) is 6.79. The number of carbonyl (C=O) groups is 1. The van der Waals surface area contributed by atoms with Crippen LogP contribution in [0.4, 0.5) is 0 Å². The Bertz CT molecular complexity index is 776. The third-order valence-corrected chi connectivity index (χ3v) is 6.78. The van der Waals surface area contributed by atoms with Gasteiger partial charge in [-0.1, -0.05) is 30.3 Å². The summed E-state index contributed by atoms with van der Waals surface area (Å²) >= 11 is 0. The Kier molecular flexibility index (Phi) is 4.27. The van der Waals surface area contributed by atoms with Crippen molar-refractivity contribution >= 4 is 5.91 Å². The minimum absolute atomic E-state index is 0.0414. The maximum absolute atomic E-state index is 13.2. The second-order valence-electron chi connectivity index (χ2n) is 8.72. The van der Waals surface area contributed by atoms with Crippen LogP contribution in [0.3, 0.4) is 0 Å². The lowest BCUT2D eigenvalue weighted by Gasteiger charge is -2.50. The van der Waals surface area contributed by atoms with Crippen LogP contribution in [-0.4, -0.2) is 51.4 Å². The fraction of sp³-hybridized carbons (Fsp3) is 0.545. The Balaban J connectivity index is 1.33. The van der Waals surface area contributed by atoms with Crippen molar-refractivity contribution in [1.29, 1.82) is 0 Å². The van der Waals surface area contributed by atoms with Gasteiger partial charge in [0.25, 0.3) is 0 Å². The average molecular weight is 364 g/mol. The number of amides is 1. The summed E-state index contributed by atoms with van der Waals surface area (Å²) in [5, 5.41) is 0. The van der Waals surface area contributed by atoms with Gasteiger partial charge in [-0.15, -0.1) is 0 Å². The normalized spacial score (nSPS) is 25.9. The lowest BCUT2D eigenvalue weighted by molar-refractivity contribution is -0.142. The van der Waals surface area contributed by atoms with Gasteiger partial charge < -0.3 is 9.88 Å². The quantitative estimate of drug-likeness (QED) is 0.907. The second-order valence-corrected chi connectivity index (χ2v) is 8.72. The average Bonchev–Trinajstić information content (AvgIpc) is 3.43. The zero-order valence-electron chi connectivity index (χ0n) is 15.8. The van der Waals surface area contributed by atoms with Gasteiger partial charge in [-0.3, -0.25) is 9.69 Å². The molecule has 3 heterocycles. The van der Waals surface area contributed by atoms with Crippen LogP contribution in [0.25, 0.3) is 0 Å². The molecule has 2 aromatic rings. The monoisotopic (exact) mass is 364 g/mol. The molecular weight excluding hydrogens is 336 g/mol. The number of nitrogens with one attached hydrogen (secondary N) is 1. The Morgan fingerprint density at radius 2 is 1.93 bits per heavy atom. The van der Waals surface area contributed by atoms with Crippen LogP contribution in [-0.2, 0) is 11.3 Å². The SMILES string of the molecule is O=C1[C@@H](c2ccccc2)CC2(CCN(Cc3cnc[nH]3)CC2)CN1C1CC1. The number of benzene rings is 1. The molecule has 1 N–H and O–H groups in total. The standard InChI is InChI=1S/C22H28N4O/c27-21-20(17-4-2-1-3-5-17)12-22(15-26(21)19-6-7-19)8-10-25(11-9-22)14-18-13-23-16-24-18/h1-5,13,16,19-20H,6-12,14-15H2,(H,23,24)/t20-/m1/s1. The van der Waals surface area contributed by atoms with E-state index in [1.165, 1.54) is 36.9 Å². The van der Waals surface area contributed by atoms with E-state index in [2.05, 4.69) is 44.0 Å². The Morgan fingerprint density at radius 1 is 1.15 bits per heavy atom.